The third-order valence-corrected chi connectivity index (χ3v) is 6.53. The molecule has 0 atom stereocenters. The molecule has 0 heterocycles. The van der Waals surface area contributed by atoms with E-state index in [1.54, 1.807) is 76.3 Å². The van der Waals surface area contributed by atoms with Crippen LogP contribution in [0, 0.1) is 5.41 Å². The molecular weight excluding hydrogens is 512 g/mol. The highest BCUT2D eigenvalue weighted by Gasteiger charge is 2.25. The van der Waals surface area contributed by atoms with Crippen molar-refractivity contribution in [2.24, 2.45) is 5.41 Å². The number of carboxylic acids is 1. The van der Waals surface area contributed by atoms with Crippen molar-refractivity contribution < 1.29 is 39.9 Å². The molecule has 0 aliphatic rings. The van der Waals surface area contributed by atoms with Crippen LogP contribution in [0.15, 0.2) is 60.7 Å². The standard InChI is InChI=1S/C32H34O8/c1-31(2,30(38)39)13-7-9-20-15-22(34)17-26(28(20)36)24-11-5-6-12-25(24)27-18-23(35)16-21(29(27)37)10-8-14-32(3,4)40-19-33/h5-12,15-19,34-37H,13-14H2,1-4H3,(H,38,39)/b9-7+,10-8+. The molecule has 0 unspecified atom stereocenters. The average molecular weight is 547 g/mol. The number of aromatic hydroxyl groups is 4. The zero-order chi connectivity index (χ0) is 29.7. The molecule has 0 radical (unpaired) electrons. The van der Waals surface area contributed by atoms with Crippen LogP contribution in [0.5, 0.6) is 23.0 Å². The van der Waals surface area contributed by atoms with Gasteiger partial charge in [-0.1, -0.05) is 48.6 Å². The van der Waals surface area contributed by atoms with E-state index in [0.29, 0.717) is 35.1 Å². The van der Waals surface area contributed by atoms with Gasteiger partial charge in [0.05, 0.1) is 5.41 Å². The zero-order valence-corrected chi connectivity index (χ0v) is 22.9. The summed E-state index contributed by atoms with van der Waals surface area (Å²) in [5, 5.41) is 52.6. The highest BCUT2D eigenvalue weighted by molar-refractivity contribution is 5.91. The molecule has 0 fully saturated rings. The van der Waals surface area contributed by atoms with E-state index in [-0.39, 0.29) is 40.5 Å². The lowest BCUT2D eigenvalue weighted by molar-refractivity contribution is -0.146. The maximum absolute atomic E-state index is 11.4. The lowest BCUT2D eigenvalue weighted by Crippen LogP contribution is -2.22. The smallest absolute Gasteiger partial charge is 0.309 e. The van der Waals surface area contributed by atoms with Gasteiger partial charge in [-0.3, -0.25) is 9.59 Å². The van der Waals surface area contributed by atoms with Gasteiger partial charge in [0.15, 0.2) is 0 Å². The van der Waals surface area contributed by atoms with E-state index in [1.807, 2.05) is 0 Å². The molecular formula is C32H34O8. The fourth-order valence-corrected chi connectivity index (χ4v) is 4.12. The van der Waals surface area contributed by atoms with Crippen LogP contribution in [-0.2, 0) is 14.3 Å². The van der Waals surface area contributed by atoms with E-state index in [0.717, 1.165) is 0 Å². The number of phenolic OH excluding ortho intramolecular Hbond substituents is 4. The summed E-state index contributed by atoms with van der Waals surface area (Å²) in [6.45, 7) is 7.05. The number of aliphatic carboxylic acids is 1. The number of ether oxygens (including phenoxy) is 1. The number of hydrogen-bond donors (Lipinski definition) is 5. The normalized spacial score (nSPS) is 12.2. The summed E-state index contributed by atoms with van der Waals surface area (Å²) in [6.07, 6.45) is 7.08. The van der Waals surface area contributed by atoms with Crippen LogP contribution in [0.3, 0.4) is 0 Å². The number of carbonyl (C=O) groups excluding carboxylic acids is 1. The molecule has 5 N–H and O–H groups in total. The first-order valence-corrected chi connectivity index (χ1v) is 12.7. The van der Waals surface area contributed by atoms with Gasteiger partial charge in [0.25, 0.3) is 6.47 Å². The Morgan fingerprint density at radius 3 is 1.62 bits per heavy atom. The molecule has 3 aromatic rings. The first-order valence-electron chi connectivity index (χ1n) is 12.7. The Hall–Kier alpha value is -4.72. The van der Waals surface area contributed by atoms with Gasteiger partial charge < -0.3 is 30.3 Å². The van der Waals surface area contributed by atoms with Crippen LogP contribution < -0.4 is 0 Å². The van der Waals surface area contributed by atoms with E-state index in [4.69, 9.17) is 4.74 Å². The molecule has 0 spiro atoms. The summed E-state index contributed by atoms with van der Waals surface area (Å²) in [5.41, 5.74) is 0.399. The van der Waals surface area contributed by atoms with Crippen molar-refractivity contribution in [3.8, 4) is 45.3 Å². The molecule has 8 heteroatoms. The fourth-order valence-electron chi connectivity index (χ4n) is 4.12. The summed E-state index contributed by atoms with van der Waals surface area (Å²) in [6, 6.07) is 12.5. The van der Waals surface area contributed by atoms with Crippen molar-refractivity contribution >= 4 is 24.6 Å². The maximum atomic E-state index is 11.4. The van der Waals surface area contributed by atoms with E-state index in [9.17, 15) is 35.1 Å². The number of carboxylic acid groups (broad SMARTS) is 1. The highest BCUT2D eigenvalue weighted by atomic mass is 16.5. The Bertz CT molecular complexity index is 1460. The number of carbonyl (C=O) groups is 2. The molecule has 0 bridgehead atoms. The van der Waals surface area contributed by atoms with Crippen molar-refractivity contribution in [3.63, 3.8) is 0 Å². The summed E-state index contributed by atoms with van der Waals surface area (Å²) >= 11 is 0. The Morgan fingerprint density at radius 1 is 0.750 bits per heavy atom. The molecule has 0 amide bonds. The van der Waals surface area contributed by atoms with Gasteiger partial charge in [0.2, 0.25) is 0 Å². The quantitative estimate of drug-likeness (QED) is 0.132. The lowest BCUT2D eigenvalue weighted by Gasteiger charge is -2.20. The lowest BCUT2D eigenvalue weighted by atomic mass is 9.88. The van der Waals surface area contributed by atoms with Crippen molar-refractivity contribution in [1.29, 1.82) is 0 Å². The van der Waals surface area contributed by atoms with Gasteiger partial charge in [-0.2, -0.15) is 0 Å². The molecule has 0 aliphatic heterocycles. The molecule has 3 rings (SSSR count). The van der Waals surface area contributed by atoms with Crippen LogP contribution in [0.2, 0.25) is 0 Å². The molecule has 3 aromatic carbocycles. The van der Waals surface area contributed by atoms with Crippen molar-refractivity contribution in [2.75, 3.05) is 0 Å². The zero-order valence-electron chi connectivity index (χ0n) is 22.9. The number of benzene rings is 3. The first kappa shape index (κ1) is 29.8. The molecule has 0 aromatic heterocycles. The minimum atomic E-state index is -1.01. The summed E-state index contributed by atoms with van der Waals surface area (Å²) < 4.78 is 5.04. The van der Waals surface area contributed by atoms with Crippen molar-refractivity contribution in [3.05, 3.63) is 71.8 Å². The molecule has 210 valence electrons. The Balaban J connectivity index is 2.07. The third kappa shape index (κ3) is 7.02. The Morgan fingerprint density at radius 2 is 1.20 bits per heavy atom. The first-order chi connectivity index (χ1) is 18.8. The third-order valence-electron chi connectivity index (χ3n) is 6.53. The van der Waals surface area contributed by atoms with Gasteiger partial charge >= 0.3 is 5.97 Å². The second-order valence-corrected chi connectivity index (χ2v) is 10.8. The average Bonchev–Trinajstić information content (AvgIpc) is 2.87. The number of allylic oxidation sites excluding steroid dienone is 1. The van der Waals surface area contributed by atoms with Gasteiger partial charge in [0.1, 0.15) is 28.6 Å². The SMILES string of the molecule is CC(C)(C/C=C/c1cc(O)cc(-c2ccccc2-c2cc(O)cc(/C=C/CC(C)(C)C(=O)O)c2O)c1O)OC=O. The number of hydrogen-bond acceptors (Lipinski definition) is 7. The van der Waals surface area contributed by atoms with E-state index >= 15 is 0 Å². The van der Waals surface area contributed by atoms with Gasteiger partial charge in [-0.15, -0.1) is 0 Å². The van der Waals surface area contributed by atoms with Crippen LogP contribution in [0.1, 0.15) is 51.7 Å². The van der Waals surface area contributed by atoms with Crippen LogP contribution in [0.25, 0.3) is 34.4 Å². The summed E-state index contributed by atoms with van der Waals surface area (Å²) in [5.74, 6) is -1.44. The largest absolute Gasteiger partial charge is 0.508 e. The predicted octanol–water partition coefficient (Wildman–Crippen LogP) is 6.71. The fraction of sp³-hybridized carbons (Fsp3) is 0.250. The minimum Gasteiger partial charge on any atom is -0.508 e. The molecule has 0 saturated carbocycles. The number of phenols is 4. The minimum absolute atomic E-state index is 0.101. The second kappa shape index (κ2) is 12.0. The molecule has 0 aliphatic carbocycles. The van der Waals surface area contributed by atoms with Crippen LogP contribution >= 0.6 is 0 Å². The highest BCUT2D eigenvalue weighted by Crippen LogP contribution is 2.45. The Labute approximate surface area is 233 Å². The second-order valence-electron chi connectivity index (χ2n) is 10.8. The van der Waals surface area contributed by atoms with Crippen molar-refractivity contribution in [2.45, 2.75) is 46.1 Å². The van der Waals surface area contributed by atoms with Crippen LogP contribution in [0.4, 0.5) is 0 Å². The van der Waals surface area contributed by atoms with Crippen LogP contribution in [-0.4, -0.2) is 43.6 Å². The van der Waals surface area contributed by atoms with E-state index < -0.39 is 17.0 Å². The Kier molecular flexibility index (Phi) is 8.94. The summed E-state index contributed by atoms with van der Waals surface area (Å²) in [7, 11) is 0. The van der Waals surface area contributed by atoms with Crippen molar-refractivity contribution in [1.82, 2.24) is 0 Å². The molecule has 40 heavy (non-hydrogen) atoms. The van der Waals surface area contributed by atoms with E-state index in [2.05, 4.69) is 0 Å². The predicted molar refractivity (Wildman–Crippen MR) is 154 cm³/mol. The molecule has 0 saturated heterocycles. The summed E-state index contributed by atoms with van der Waals surface area (Å²) in [4.78, 5) is 22.1. The number of rotatable bonds is 11. The molecule has 8 nitrogen and oxygen atoms in total. The monoisotopic (exact) mass is 546 g/mol. The van der Waals surface area contributed by atoms with Gasteiger partial charge in [-0.25, -0.2) is 0 Å². The van der Waals surface area contributed by atoms with Gasteiger partial charge in [-0.05, 0) is 69.5 Å². The topological polar surface area (TPSA) is 145 Å². The van der Waals surface area contributed by atoms with E-state index in [1.165, 1.54) is 24.3 Å². The van der Waals surface area contributed by atoms with Gasteiger partial charge in [0, 0.05) is 28.7 Å². The maximum Gasteiger partial charge on any atom is 0.309 e.